The first-order valence-electron chi connectivity index (χ1n) is 10.6. The monoisotopic (exact) mass is 458 g/mol. The molecule has 26 heavy (non-hydrogen) atoms. The Morgan fingerprint density at radius 3 is 2.08 bits per heavy atom. The van der Waals surface area contributed by atoms with Crippen molar-refractivity contribution >= 4 is 38.6 Å². The Kier molecular flexibility index (Phi) is 7.02. The van der Waals surface area contributed by atoms with E-state index in [-0.39, 0.29) is 0 Å². The fraction of sp³-hybridized carbons (Fsp3) is 0.522. The van der Waals surface area contributed by atoms with Crippen molar-refractivity contribution in [2.75, 3.05) is 0 Å². The fourth-order valence-corrected chi connectivity index (χ4v) is 20.2. The van der Waals surface area contributed by atoms with Crippen molar-refractivity contribution < 1.29 is 0 Å². The summed E-state index contributed by atoms with van der Waals surface area (Å²) in [6.07, 6.45) is 10.5. The molecule has 0 bridgehead atoms. The summed E-state index contributed by atoms with van der Waals surface area (Å²) in [7, 11) is 0. The van der Waals surface area contributed by atoms with Gasteiger partial charge in [-0.05, 0) is 0 Å². The van der Waals surface area contributed by atoms with Crippen LogP contribution < -0.4 is 3.58 Å². The molecule has 3 rings (SSSR count). The fourth-order valence-electron chi connectivity index (χ4n) is 4.35. The molecule has 3 aromatic rings. The Hall–Kier alpha value is -1.03. The number of para-hydroxylation sites is 2. The van der Waals surface area contributed by atoms with Gasteiger partial charge in [0.25, 0.3) is 0 Å². The molecule has 0 saturated carbocycles. The van der Waals surface area contributed by atoms with E-state index in [4.69, 9.17) is 4.98 Å². The molecule has 0 radical (unpaired) electrons. The van der Waals surface area contributed by atoms with Gasteiger partial charge >= 0.3 is 163 Å². The first-order valence-corrected chi connectivity index (χ1v) is 18.1. The molecule has 0 unspecified atom stereocenters. The quantitative estimate of drug-likeness (QED) is 0.316. The van der Waals surface area contributed by atoms with E-state index in [1.807, 2.05) is 0 Å². The van der Waals surface area contributed by atoms with Gasteiger partial charge in [-0.15, -0.1) is 0 Å². The third-order valence-electron chi connectivity index (χ3n) is 5.95. The number of rotatable bonds is 10. The summed E-state index contributed by atoms with van der Waals surface area (Å²) in [6.45, 7) is 7.04. The minimum atomic E-state index is -2.36. The van der Waals surface area contributed by atoms with Gasteiger partial charge in [0.1, 0.15) is 0 Å². The maximum atomic E-state index is 4.93. The first kappa shape index (κ1) is 19.7. The number of imidazole rings is 1. The summed E-state index contributed by atoms with van der Waals surface area (Å²) in [4.78, 5) is 4.93. The molecule has 0 fully saturated rings. The van der Waals surface area contributed by atoms with E-state index in [0.717, 1.165) is 11.2 Å². The van der Waals surface area contributed by atoms with Crippen LogP contribution in [0.5, 0.6) is 0 Å². The second-order valence-electron chi connectivity index (χ2n) is 7.84. The van der Waals surface area contributed by atoms with E-state index in [2.05, 4.69) is 67.8 Å². The first-order chi connectivity index (χ1) is 12.7. The van der Waals surface area contributed by atoms with Gasteiger partial charge in [-0.25, -0.2) is 0 Å². The van der Waals surface area contributed by atoms with Gasteiger partial charge in [-0.1, -0.05) is 0 Å². The molecule has 0 spiro atoms. The molecule has 2 aromatic heterocycles. The number of pyridine rings is 1. The zero-order chi connectivity index (χ0) is 18.4. The van der Waals surface area contributed by atoms with Crippen molar-refractivity contribution in [1.29, 1.82) is 0 Å². The number of fused-ring (bicyclic) bond motifs is 3. The summed E-state index contributed by atoms with van der Waals surface area (Å²) in [5.74, 6) is 0. The van der Waals surface area contributed by atoms with Crippen molar-refractivity contribution in [1.82, 2.24) is 9.38 Å². The van der Waals surface area contributed by atoms with Crippen molar-refractivity contribution in [2.24, 2.45) is 0 Å². The predicted molar refractivity (Wildman–Crippen MR) is 117 cm³/mol. The standard InChI is InChI=1S/C11H7N2.3C4H9.Sn/c1-2-6-10-9(5-1)12-11-7-3-4-8-13(10)11;3*1-3-4-2;/h1-2,4-8H;3*1,3-4H2,2H3;. The van der Waals surface area contributed by atoms with Gasteiger partial charge in [0.2, 0.25) is 0 Å². The van der Waals surface area contributed by atoms with Crippen LogP contribution in [0.3, 0.4) is 0 Å². The van der Waals surface area contributed by atoms with Gasteiger partial charge in [0.05, 0.1) is 0 Å². The van der Waals surface area contributed by atoms with E-state index in [9.17, 15) is 0 Å². The Morgan fingerprint density at radius 2 is 1.46 bits per heavy atom. The minimum absolute atomic E-state index is 1.11. The van der Waals surface area contributed by atoms with Crippen LogP contribution in [0.15, 0.2) is 42.6 Å². The van der Waals surface area contributed by atoms with E-state index >= 15 is 0 Å². The summed E-state index contributed by atoms with van der Waals surface area (Å²) >= 11 is -2.36. The topological polar surface area (TPSA) is 17.3 Å². The molecular formula is C23H34N2Sn. The van der Waals surface area contributed by atoms with Crippen molar-refractivity contribution in [3.63, 3.8) is 0 Å². The molecular weight excluding hydrogens is 423 g/mol. The zero-order valence-corrected chi connectivity index (χ0v) is 19.7. The molecule has 0 aliphatic heterocycles. The summed E-state index contributed by atoms with van der Waals surface area (Å²) in [5, 5.41) is 0. The number of nitrogens with zero attached hydrogens (tertiary/aromatic N) is 2. The average Bonchev–Trinajstić information content (AvgIpc) is 3.05. The second-order valence-corrected chi connectivity index (χ2v) is 21.1. The maximum absolute atomic E-state index is 4.93. The van der Waals surface area contributed by atoms with Crippen molar-refractivity contribution in [3.05, 3.63) is 42.6 Å². The number of hydrogen-bond acceptors (Lipinski definition) is 1. The zero-order valence-electron chi connectivity index (χ0n) is 16.8. The number of aromatic nitrogens is 2. The van der Waals surface area contributed by atoms with Crippen LogP contribution in [0, 0.1) is 0 Å². The Labute approximate surface area is 162 Å². The van der Waals surface area contributed by atoms with Crippen LogP contribution in [0.2, 0.25) is 13.3 Å². The van der Waals surface area contributed by atoms with E-state index in [0.29, 0.717) is 0 Å². The summed E-state index contributed by atoms with van der Waals surface area (Å²) < 4.78 is 8.54. The molecule has 2 heterocycles. The third-order valence-corrected chi connectivity index (χ3v) is 21.6. The number of benzene rings is 1. The predicted octanol–water partition coefficient (Wildman–Crippen LogP) is 6.54. The van der Waals surface area contributed by atoms with Crippen LogP contribution in [0.1, 0.15) is 59.3 Å². The van der Waals surface area contributed by atoms with Crippen LogP contribution in [-0.4, -0.2) is 27.8 Å². The summed E-state index contributed by atoms with van der Waals surface area (Å²) in [6, 6.07) is 13.4. The van der Waals surface area contributed by atoms with Crippen LogP contribution >= 0.6 is 0 Å². The molecule has 0 amide bonds. The van der Waals surface area contributed by atoms with Crippen molar-refractivity contribution in [2.45, 2.75) is 72.6 Å². The molecule has 0 aliphatic carbocycles. The van der Waals surface area contributed by atoms with Gasteiger partial charge in [-0.2, -0.15) is 0 Å². The summed E-state index contributed by atoms with van der Waals surface area (Å²) in [5.41, 5.74) is 3.49. The molecule has 1 aromatic carbocycles. The van der Waals surface area contributed by atoms with E-state index in [1.165, 1.54) is 57.4 Å². The molecule has 0 N–H and O–H groups in total. The van der Waals surface area contributed by atoms with E-state index in [1.54, 1.807) is 3.58 Å². The van der Waals surface area contributed by atoms with Gasteiger partial charge in [0.15, 0.2) is 0 Å². The van der Waals surface area contributed by atoms with Gasteiger partial charge in [0, 0.05) is 0 Å². The second kappa shape index (κ2) is 9.25. The van der Waals surface area contributed by atoms with Gasteiger partial charge < -0.3 is 0 Å². The normalized spacial score (nSPS) is 12.3. The molecule has 0 atom stereocenters. The van der Waals surface area contributed by atoms with Crippen LogP contribution in [0.4, 0.5) is 0 Å². The number of unbranched alkanes of at least 4 members (excludes halogenated alkanes) is 3. The van der Waals surface area contributed by atoms with Gasteiger partial charge in [-0.3, -0.25) is 0 Å². The SMILES string of the molecule is CCC[CH2][Sn]([CH2]CCC)([CH2]CCC)[c]1ccn2c(c1)nc1ccccc12. The molecule has 3 heteroatoms. The molecule has 0 saturated heterocycles. The Morgan fingerprint density at radius 1 is 0.846 bits per heavy atom. The Balaban J connectivity index is 2.06. The number of hydrogen-bond donors (Lipinski definition) is 0. The van der Waals surface area contributed by atoms with Crippen LogP contribution in [-0.2, 0) is 0 Å². The molecule has 2 nitrogen and oxygen atoms in total. The Bertz CT molecular complexity index is 815. The third kappa shape index (κ3) is 4.10. The van der Waals surface area contributed by atoms with Crippen LogP contribution in [0.25, 0.3) is 16.7 Å². The average molecular weight is 457 g/mol. The van der Waals surface area contributed by atoms with Crippen molar-refractivity contribution in [3.8, 4) is 0 Å². The molecule has 0 aliphatic rings. The van der Waals surface area contributed by atoms with E-state index < -0.39 is 18.4 Å². The molecule has 140 valence electrons.